The van der Waals surface area contributed by atoms with Gasteiger partial charge in [0, 0.05) is 14.1 Å². The highest BCUT2D eigenvalue weighted by atomic mass is 35.5. The first kappa shape index (κ1) is 32.1. The Morgan fingerprint density at radius 2 is 1.98 bits per heavy atom. The van der Waals surface area contributed by atoms with Gasteiger partial charge in [0.15, 0.2) is 29.4 Å². The fourth-order valence-corrected chi connectivity index (χ4v) is 6.18. The van der Waals surface area contributed by atoms with Gasteiger partial charge < -0.3 is 24.0 Å². The molecule has 2 N–H and O–H groups in total. The predicted octanol–water partition coefficient (Wildman–Crippen LogP) is 3.54. The number of esters is 1. The van der Waals surface area contributed by atoms with Gasteiger partial charge in [-0.2, -0.15) is 5.09 Å². The van der Waals surface area contributed by atoms with Crippen LogP contribution in [0.25, 0.3) is 11.2 Å². The fourth-order valence-electron chi connectivity index (χ4n) is 4.33. The molecule has 1 aliphatic rings. The highest BCUT2D eigenvalue weighted by molar-refractivity contribution is 7.52. The Kier molecular flexibility index (Phi) is 9.75. The molecular weight excluding hydrogens is 594 g/mol. The van der Waals surface area contributed by atoms with Crippen molar-refractivity contribution < 1.29 is 37.4 Å². The summed E-state index contributed by atoms with van der Waals surface area (Å²) >= 11 is 6.25. The number of fused-ring (bicyclic) bond motifs is 1. The second-order valence-corrected chi connectivity index (χ2v) is 12.4. The smallest absolute Gasteiger partial charge is 0.459 e. The van der Waals surface area contributed by atoms with Crippen LogP contribution in [0.5, 0.6) is 5.75 Å². The number of ether oxygens (including phenoxy) is 2. The normalized spacial score (nSPS) is 24.5. The Morgan fingerprint density at radius 3 is 2.60 bits per heavy atom. The summed E-state index contributed by atoms with van der Waals surface area (Å²) in [5.41, 5.74) is -1.18. The molecule has 6 atom stereocenters. The van der Waals surface area contributed by atoms with Crippen molar-refractivity contribution in [2.24, 2.45) is 0 Å². The molecule has 0 radical (unpaired) electrons. The minimum absolute atomic E-state index is 0.170. The molecule has 0 saturated carbocycles. The Balaban J connectivity index is 1.62. The minimum atomic E-state index is -4.36. The van der Waals surface area contributed by atoms with E-state index in [4.69, 9.17) is 30.1 Å². The monoisotopic (exact) mass is 628 g/mol. The van der Waals surface area contributed by atoms with Crippen LogP contribution in [0.3, 0.4) is 0 Å². The molecule has 42 heavy (non-hydrogen) atoms. The lowest BCUT2D eigenvalue weighted by molar-refractivity contribution is -0.149. The summed E-state index contributed by atoms with van der Waals surface area (Å²) in [6.45, 7) is 5.80. The summed E-state index contributed by atoms with van der Waals surface area (Å²) in [7, 11) is -0.783. The first-order valence-corrected chi connectivity index (χ1v) is 15.3. The van der Waals surface area contributed by atoms with Crippen molar-refractivity contribution in [3.05, 3.63) is 42.5 Å². The number of carbonyl (C=O) groups excluding carboxylic acids is 1. The molecule has 0 aliphatic carbocycles. The standard InChI is InChI=1S/C26H35ClFN6O7P/c1-15(2)39-25(36)16(3)32-42(37,41-18-10-8-7-9-11-18)38-13-26(12-27)21(35)19(28)24(40-26)34-14-29-20-22(33(5)6)30-17(4)31-23(20)34/h7-11,14-16,19,21,24,35H,12-13H2,1-6H3,(H,32,37)/t16-,19-,21+,24-,26-,42?/m1/s1. The molecule has 13 nitrogen and oxygen atoms in total. The van der Waals surface area contributed by atoms with E-state index in [1.165, 1.54) is 30.0 Å². The van der Waals surface area contributed by atoms with Crippen molar-refractivity contribution in [2.75, 3.05) is 31.5 Å². The van der Waals surface area contributed by atoms with Gasteiger partial charge in [0.1, 0.15) is 29.3 Å². The third-order valence-corrected chi connectivity index (χ3v) is 8.49. The van der Waals surface area contributed by atoms with Gasteiger partial charge in [0.25, 0.3) is 0 Å². The highest BCUT2D eigenvalue weighted by Crippen LogP contribution is 2.49. The van der Waals surface area contributed by atoms with Gasteiger partial charge in [-0.15, -0.1) is 11.6 Å². The second-order valence-electron chi connectivity index (χ2n) is 10.4. The van der Waals surface area contributed by atoms with E-state index in [1.54, 1.807) is 58.0 Å². The number of halogens is 2. The summed E-state index contributed by atoms with van der Waals surface area (Å²) in [4.78, 5) is 27.3. The predicted molar refractivity (Wildman–Crippen MR) is 153 cm³/mol. The van der Waals surface area contributed by atoms with Crippen LogP contribution in [0.15, 0.2) is 36.7 Å². The lowest BCUT2D eigenvalue weighted by atomic mass is 9.99. The number of alkyl halides is 2. The van der Waals surface area contributed by atoms with E-state index >= 15 is 4.39 Å². The molecule has 2 aromatic heterocycles. The van der Waals surface area contributed by atoms with Crippen LogP contribution < -0.4 is 14.5 Å². The molecule has 1 aromatic carbocycles. The Hall–Kier alpha value is -2.87. The number of hydrogen-bond donors (Lipinski definition) is 2. The van der Waals surface area contributed by atoms with Crippen LogP contribution in [-0.4, -0.2) is 87.2 Å². The topological polar surface area (TPSA) is 150 Å². The van der Waals surface area contributed by atoms with Crippen molar-refractivity contribution in [2.45, 2.75) is 63.9 Å². The van der Waals surface area contributed by atoms with Crippen LogP contribution >= 0.6 is 19.3 Å². The third-order valence-electron chi connectivity index (χ3n) is 6.41. The largest absolute Gasteiger partial charge is 0.462 e. The summed E-state index contributed by atoms with van der Waals surface area (Å²) in [6, 6.07) is 7.00. The zero-order valence-electron chi connectivity index (χ0n) is 24.1. The van der Waals surface area contributed by atoms with Gasteiger partial charge in [-0.25, -0.2) is 23.9 Å². The number of aryl methyl sites for hydroxylation is 1. The molecule has 1 aliphatic heterocycles. The first-order chi connectivity index (χ1) is 19.8. The van der Waals surface area contributed by atoms with E-state index in [0.29, 0.717) is 17.2 Å². The summed E-state index contributed by atoms with van der Waals surface area (Å²) in [5, 5.41) is 13.6. The summed E-state index contributed by atoms with van der Waals surface area (Å²) < 4.78 is 53.6. The number of benzene rings is 1. The average molecular weight is 629 g/mol. The summed E-state index contributed by atoms with van der Waals surface area (Å²) in [5.74, 6) is -0.0231. The van der Waals surface area contributed by atoms with Gasteiger partial charge in [-0.3, -0.25) is 13.9 Å². The van der Waals surface area contributed by atoms with Crippen LogP contribution in [0, 0.1) is 6.92 Å². The van der Waals surface area contributed by atoms with E-state index < -0.39 is 62.5 Å². The molecule has 0 bridgehead atoms. The molecular formula is C26H35ClFN6O7P. The molecule has 0 amide bonds. The molecule has 16 heteroatoms. The van der Waals surface area contributed by atoms with Crippen molar-refractivity contribution in [1.82, 2.24) is 24.6 Å². The number of rotatable bonds is 12. The van der Waals surface area contributed by atoms with Gasteiger partial charge in [-0.05, 0) is 39.8 Å². The fraction of sp³-hybridized carbons (Fsp3) is 0.538. The summed E-state index contributed by atoms with van der Waals surface area (Å²) in [6.07, 6.45) is -4.28. The minimum Gasteiger partial charge on any atom is -0.462 e. The maximum absolute atomic E-state index is 15.7. The highest BCUT2D eigenvalue weighted by Gasteiger charge is 2.57. The van der Waals surface area contributed by atoms with Crippen molar-refractivity contribution in [3.63, 3.8) is 0 Å². The number of aliphatic hydroxyl groups excluding tert-OH is 1. The number of carbonyl (C=O) groups is 1. The van der Waals surface area contributed by atoms with Gasteiger partial charge >= 0.3 is 13.7 Å². The number of hydrogen-bond acceptors (Lipinski definition) is 11. The molecule has 0 spiro atoms. The average Bonchev–Trinajstić information content (AvgIpc) is 3.45. The second kappa shape index (κ2) is 12.8. The Morgan fingerprint density at radius 1 is 1.29 bits per heavy atom. The number of para-hydroxylation sites is 1. The van der Waals surface area contributed by atoms with E-state index in [9.17, 15) is 14.5 Å². The van der Waals surface area contributed by atoms with Crippen molar-refractivity contribution in [1.29, 1.82) is 0 Å². The number of aromatic nitrogens is 4. The van der Waals surface area contributed by atoms with E-state index in [-0.39, 0.29) is 11.4 Å². The molecule has 3 heterocycles. The molecule has 1 unspecified atom stereocenters. The van der Waals surface area contributed by atoms with Crippen LogP contribution in [0.1, 0.15) is 32.8 Å². The lowest BCUT2D eigenvalue weighted by Gasteiger charge is -2.31. The van der Waals surface area contributed by atoms with Gasteiger partial charge in [0.05, 0.1) is 24.9 Å². The van der Waals surface area contributed by atoms with Crippen molar-refractivity contribution >= 4 is 42.3 Å². The zero-order chi connectivity index (χ0) is 30.8. The molecule has 230 valence electrons. The third kappa shape index (κ3) is 6.69. The van der Waals surface area contributed by atoms with Crippen LogP contribution in [0.2, 0.25) is 0 Å². The maximum atomic E-state index is 15.7. The van der Waals surface area contributed by atoms with Gasteiger partial charge in [0.2, 0.25) is 0 Å². The van der Waals surface area contributed by atoms with Crippen LogP contribution in [0.4, 0.5) is 10.2 Å². The number of imidazole rings is 1. The van der Waals surface area contributed by atoms with Crippen LogP contribution in [-0.2, 0) is 23.4 Å². The SMILES string of the molecule is Cc1nc(N(C)C)c2ncn([C@@H]3O[C@](CCl)(COP(=O)(N[C@H](C)C(=O)OC(C)C)Oc4ccccc4)[C@@H](O)[C@H]3F)c2n1. The number of nitrogens with zero attached hydrogens (tertiary/aromatic N) is 5. The maximum Gasteiger partial charge on any atom is 0.459 e. The first-order valence-electron chi connectivity index (χ1n) is 13.2. The number of nitrogens with one attached hydrogen (secondary N) is 1. The van der Waals surface area contributed by atoms with E-state index in [2.05, 4.69) is 20.0 Å². The Labute approximate surface area is 247 Å². The molecule has 4 rings (SSSR count). The number of anilines is 1. The quantitative estimate of drug-likeness (QED) is 0.172. The molecule has 3 aromatic rings. The molecule has 1 saturated heterocycles. The van der Waals surface area contributed by atoms with Gasteiger partial charge in [-0.1, -0.05) is 18.2 Å². The Bertz CT molecular complexity index is 1450. The van der Waals surface area contributed by atoms with Crippen molar-refractivity contribution in [3.8, 4) is 5.75 Å². The molecule has 1 fully saturated rings. The van der Waals surface area contributed by atoms with E-state index in [1.807, 2.05) is 0 Å². The number of aliphatic hydroxyl groups is 1. The zero-order valence-corrected chi connectivity index (χ0v) is 25.8. The van der Waals surface area contributed by atoms with E-state index in [0.717, 1.165) is 0 Å². The lowest BCUT2D eigenvalue weighted by Crippen LogP contribution is -2.48.